The molecular formula is C31H35N5O8. The van der Waals surface area contributed by atoms with E-state index in [-0.39, 0.29) is 37.1 Å². The number of ether oxygens (including phenoxy) is 2. The summed E-state index contributed by atoms with van der Waals surface area (Å²) in [4.78, 5) is 70.5. The molecule has 0 aliphatic carbocycles. The number of aromatic nitrogens is 2. The molecule has 2 aromatic heterocycles. The number of carboxylic acid groups (broad SMARTS) is 1. The fraction of sp³-hybridized carbons (Fsp3) is 0.419. The number of unbranched alkanes of at least 4 members (excludes halogenated alkanes) is 1. The van der Waals surface area contributed by atoms with Crippen molar-refractivity contribution < 1.29 is 33.8 Å². The Morgan fingerprint density at radius 1 is 1.20 bits per heavy atom. The monoisotopic (exact) mass is 605 g/mol. The van der Waals surface area contributed by atoms with Gasteiger partial charge in [-0.1, -0.05) is 31.5 Å². The highest BCUT2D eigenvalue weighted by molar-refractivity contribution is 5.93. The molecule has 4 atom stereocenters. The van der Waals surface area contributed by atoms with Crippen LogP contribution in [0, 0.1) is 5.92 Å². The van der Waals surface area contributed by atoms with Gasteiger partial charge in [-0.2, -0.15) is 0 Å². The van der Waals surface area contributed by atoms with E-state index in [0.717, 1.165) is 16.5 Å². The van der Waals surface area contributed by atoms with Gasteiger partial charge in [0.25, 0.3) is 5.56 Å². The van der Waals surface area contributed by atoms with E-state index in [1.54, 1.807) is 17.6 Å². The first-order valence-corrected chi connectivity index (χ1v) is 14.6. The van der Waals surface area contributed by atoms with Gasteiger partial charge in [-0.05, 0) is 50.9 Å². The second-order valence-corrected chi connectivity index (χ2v) is 11.2. The summed E-state index contributed by atoms with van der Waals surface area (Å²) in [5.41, 5.74) is 11.8. The molecule has 232 valence electrons. The molecule has 3 aromatic rings. The number of nitrogens with two attached hydrogens (primary N) is 2. The van der Waals surface area contributed by atoms with Crippen LogP contribution in [0.2, 0.25) is 0 Å². The Morgan fingerprint density at radius 3 is 2.66 bits per heavy atom. The zero-order valence-electron chi connectivity index (χ0n) is 24.5. The predicted molar refractivity (Wildman–Crippen MR) is 158 cm³/mol. The van der Waals surface area contributed by atoms with Crippen molar-refractivity contribution in [1.29, 1.82) is 0 Å². The summed E-state index contributed by atoms with van der Waals surface area (Å²) in [5.74, 6) is -5.67. The van der Waals surface area contributed by atoms with Crippen molar-refractivity contribution in [2.45, 2.75) is 70.4 Å². The highest BCUT2D eigenvalue weighted by Crippen LogP contribution is 2.41. The maximum absolute atomic E-state index is 13.8. The molecule has 0 bridgehead atoms. The molecule has 4 heterocycles. The van der Waals surface area contributed by atoms with E-state index in [1.807, 2.05) is 30.3 Å². The third-order valence-electron chi connectivity index (χ3n) is 8.41. The SMILES string of the molecule is CC[C@@]1(OC(=O)[C@@H](NC(=O)[C@@H](N)CCCCN)[C@H](C)C(=O)O)C(=O)OCc2c1cc1n(c2=O)Cc2cc3ccccc3nc2-1. The summed E-state index contributed by atoms with van der Waals surface area (Å²) < 4.78 is 12.8. The number of carboxylic acids is 1. The number of esters is 2. The average molecular weight is 606 g/mol. The number of benzene rings is 1. The second-order valence-electron chi connectivity index (χ2n) is 11.2. The third-order valence-corrected chi connectivity index (χ3v) is 8.41. The van der Waals surface area contributed by atoms with Crippen LogP contribution in [0.25, 0.3) is 22.3 Å². The van der Waals surface area contributed by atoms with Gasteiger partial charge in [-0.15, -0.1) is 0 Å². The summed E-state index contributed by atoms with van der Waals surface area (Å²) in [5, 5.41) is 13.0. The van der Waals surface area contributed by atoms with Gasteiger partial charge in [0.15, 0.2) is 0 Å². The van der Waals surface area contributed by atoms with E-state index in [4.69, 9.17) is 25.9 Å². The number of fused-ring (bicyclic) bond motifs is 5. The topological polar surface area (TPSA) is 206 Å². The van der Waals surface area contributed by atoms with Crippen LogP contribution in [-0.4, -0.2) is 57.1 Å². The van der Waals surface area contributed by atoms with Gasteiger partial charge in [-0.3, -0.25) is 14.4 Å². The van der Waals surface area contributed by atoms with Crippen LogP contribution in [0.5, 0.6) is 0 Å². The number of cyclic esters (lactones) is 1. The van der Waals surface area contributed by atoms with Crippen LogP contribution in [0.15, 0.2) is 41.2 Å². The molecule has 1 amide bonds. The van der Waals surface area contributed by atoms with E-state index >= 15 is 0 Å². The molecule has 2 aliphatic heterocycles. The number of carbonyl (C=O) groups is 4. The lowest BCUT2D eigenvalue weighted by Gasteiger charge is -2.37. The maximum atomic E-state index is 13.8. The van der Waals surface area contributed by atoms with Crippen molar-refractivity contribution >= 4 is 34.7 Å². The molecular weight excluding hydrogens is 570 g/mol. The number of rotatable bonds is 11. The number of hydrogen-bond donors (Lipinski definition) is 4. The van der Waals surface area contributed by atoms with Crippen molar-refractivity contribution in [2.24, 2.45) is 17.4 Å². The molecule has 0 spiro atoms. The zero-order chi connectivity index (χ0) is 31.8. The fourth-order valence-electron chi connectivity index (χ4n) is 5.75. The molecule has 0 fully saturated rings. The summed E-state index contributed by atoms with van der Waals surface area (Å²) in [6.07, 6.45) is 1.33. The van der Waals surface area contributed by atoms with Crippen molar-refractivity contribution in [3.8, 4) is 11.4 Å². The molecule has 6 N–H and O–H groups in total. The Kier molecular flexibility index (Phi) is 8.53. The van der Waals surface area contributed by atoms with Crippen molar-refractivity contribution in [2.75, 3.05) is 6.54 Å². The maximum Gasteiger partial charge on any atom is 0.355 e. The van der Waals surface area contributed by atoms with Crippen LogP contribution in [0.1, 0.15) is 56.2 Å². The standard InChI is InChI=1S/C31H35N5O8/c1-3-31(44-29(41)24(16(2)28(39)40)35-26(37)21(33)9-6-7-11-32)20-13-23-25-18(12-17-8-4-5-10-22(17)34-25)14-36(23)27(38)19(20)15-43-30(31)42/h4-5,8,10,12-13,16,21,24H,3,6-7,9,11,14-15,32-33H2,1-2H3,(H,35,37)(H,39,40)/t16-,21-,24-,31-/m0/s1. The minimum absolute atomic E-state index is 0.133. The van der Waals surface area contributed by atoms with Crippen molar-refractivity contribution in [3.05, 3.63) is 63.4 Å². The van der Waals surface area contributed by atoms with E-state index in [1.165, 1.54) is 6.92 Å². The molecule has 44 heavy (non-hydrogen) atoms. The van der Waals surface area contributed by atoms with Gasteiger partial charge in [0.2, 0.25) is 11.5 Å². The van der Waals surface area contributed by atoms with Gasteiger partial charge < -0.3 is 35.9 Å². The summed E-state index contributed by atoms with van der Waals surface area (Å²) in [7, 11) is 0. The lowest BCUT2D eigenvalue weighted by Crippen LogP contribution is -2.56. The highest BCUT2D eigenvalue weighted by atomic mass is 16.6. The van der Waals surface area contributed by atoms with E-state index < -0.39 is 53.0 Å². The number of para-hydroxylation sites is 1. The number of pyridine rings is 2. The van der Waals surface area contributed by atoms with Gasteiger partial charge in [0, 0.05) is 16.5 Å². The first-order valence-electron chi connectivity index (χ1n) is 14.6. The number of aliphatic carboxylic acids is 1. The Hall–Kier alpha value is -4.62. The lowest BCUT2D eigenvalue weighted by molar-refractivity contribution is -0.192. The number of nitrogens with one attached hydrogen (secondary N) is 1. The van der Waals surface area contributed by atoms with Crippen LogP contribution in [0.4, 0.5) is 0 Å². The Balaban J connectivity index is 1.53. The van der Waals surface area contributed by atoms with E-state index in [2.05, 4.69) is 5.32 Å². The van der Waals surface area contributed by atoms with Crippen LogP contribution >= 0.6 is 0 Å². The van der Waals surface area contributed by atoms with Crippen molar-refractivity contribution in [1.82, 2.24) is 14.9 Å². The van der Waals surface area contributed by atoms with Crippen LogP contribution in [0.3, 0.4) is 0 Å². The van der Waals surface area contributed by atoms with Crippen LogP contribution in [-0.2, 0) is 47.4 Å². The molecule has 2 aliphatic rings. The number of hydrogen-bond acceptors (Lipinski definition) is 10. The molecule has 13 heteroatoms. The molecule has 0 saturated carbocycles. The van der Waals surface area contributed by atoms with Crippen LogP contribution < -0.4 is 22.3 Å². The minimum atomic E-state index is -2.08. The van der Waals surface area contributed by atoms with Gasteiger partial charge in [0.05, 0.1) is 41.0 Å². The molecule has 0 radical (unpaired) electrons. The number of carbonyl (C=O) groups excluding carboxylic acids is 3. The highest BCUT2D eigenvalue weighted by Gasteiger charge is 2.52. The number of amides is 1. The number of nitrogens with zero attached hydrogens (tertiary/aromatic N) is 2. The first-order chi connectivity index (χ1) is 21.0. The largest absolute Gasteiger partial charge is 0.481 e. The molecule has 13 nitrogen and oxygen atoms in total. The second kappa shape index (κ2) is 12.2. The summed E-state index contributed by atoms with van der Waals surface area (Å²) in [6.45, 7) is 3.15. The fourth-order valence-corrected chi connectivity index (χ4v) is 5.75. The third kappa shape index (κ3) is 5.33. The smallest absolute Gasteiger partial charge is 0.355 e. The quantitative estimate of drug-likeness (QED) is 0.142. The van der Waals surface area contributed by atoms with Gasteiger partial charge in [0.1, 0.15) is 12.6 Å². The predicted octanol–water partition coefficient (Wildman–Crippen LogP) is 1.29. The van der Waals surface area contributed by atoms with Gasteiger partial charge in [-0.25, -0.2) is 14.6 Å². The van der Waals surface area contributed by atoms with Crippen molar-refractivity contribution in [3.63, 3.8) is 0 Å². The Labute approximate surface area is 252 Å². The first kappa shape index (κ1) is 30.8. The molecule has 1 aromatic carbocycles. The molecule has 0 unspecified atom stereocenters. The molecule has 5 rings (SSSR count). The molecule has 0 saturated heterocycles. The summed E-state index contributed by atoms with van der Waals surface area (Å²) >= 11 is 0. The van der Waals surface area contributed by atoms with Gasteiger partial charge >= 0.3 is 17.9 Å². The normalized spacial score (nSPS) is 18.8. The van der Waals surface area contributed by atoms with E-state index in [9.17, 15) is 29.1 Å². The Morgan fingerprint density at radius 2 is 1.95 bits per heavy atom. The lowest BCUT2D eigenvalue weighted by atomic mass is 9.85. The zero-order valence-corrected chi connectivity index (χ0v) is 24.5. The summed E-state index contributed by atoms with van der Waals surface area (Å²) in [6, 6.07) is 8.39. The minimum Gasteiger partial charge on any atom is -0.481 e. The van der Waals surface area contributed by atoms with E-state index in [0.29, 0.717) is 30.8 Å². The average Bonchev–Trinajstić information content (AvgIpc) is 3.37. The Bertz CT molecular complexity index is 1720.